The molecule has 5 nitrogen and oxygen atoms in total. The van der Waals surface area contributed by atoms with Crippen LogP contribution >= 0.6 is 0 Å². The number of H-pyrrole nitrogens is 1. The average Bonchev–Trinajstić information content (AvgIpc) is 2.85. The average molecular weight is 260 g/mol. The molecule has 0 spiro atoms. The molecule has 0 bridgehead atoms. The molecule has 0 atom stereocenters. The number of rotatable bonds is 6. The summed E-state index contributed by atoms with van der Waals surface area (Å²) >= 11 is 0. The smallest absolute Gasteiger partial charge is 0.115 e. The van der Waals surface area contributed by atoms with E-state index in [1.807, 2.05) is 25.4 Å². The van der Waals surface area contributed by atoms with E-state index in [2.05, 4.69) is 27.5 Å². The summed E-state index contributed by atoms with van der Waals surface area (Å²) < 4.78 is 0. The van der Waals surface area contributed by atoms with Gasteiger partial charge in [0.15, 0.2) is 0 Å². The molecule has 102 valence electrons. The van der Waals surface area contributed by atoms with Gasteiger partial charge in [0.05, 0.1) is 11.9 Å². The normalized spacial score (nSPS) is 11.1. The molecule has 3 N–H and O–H groups in total. The van der Waals surface area contributed by atoms with E-state index >= 15 is 0 Å². The van der Waals surface area contributed by atoms with Crippen LogP contribution in [0.4, 0.5) is 0 Å². The highest BCUT2D eigenvalue weighted by Gasteiger charge is 2.09. The highest BCUT2D eigenvalue weighted by atomic mass is 16.3. The molecule has 0 saturated heterocycles. The van der Waals surface area contributed by atoms with Crippen LogP contribution in [-0.4, -0.2) is 47.4 Å². The molecule has 1 aromatic heterocycles. The zero-order valence-corrected chi connectivity index (χ0v) is 11.3. The second-order valence-corrected chi connectivity index (χ2v) is 4.66. The van der Waals surface area contributed by atoms with Crippen LogP contribution in [0.15, 0.2) is 30.5 Å². The second kappa shape index (κ2) is 6.36. The third-order valence-corrected chi connectivity index (χ3v) is 3.06. The Kier molecular flexibility index (Phi) is 4.54. The first-order chi connectivity index (χ1) is 9.20. The number of likely N-dealkylation sites (N-methyl/N-ethyl adjacent to an activating group) is 2. The van der Waals surface area contributed by atoms with E-state index < -0.39 is 0 Å². The number of aromatic nitrogens is 2. The van der Waals surface area contributed by atoms with E-state index in [9.17, 15) is 5.11 Å². The van der Waals surface area contributed by atoms with Crippen molar-refractivity contribution in [1.82, 2.24) is 20.4 Å². The van der Waals surface area contributed by atoms with E-state index in [0.29, 0.717) is 0 Å². The minimum Gasteiger partial charge on any atom is -0.508 e. The molecule has 0 radical (unpaired) electrons. The Balaban J connectivity index is 2.11. The quantitative estimate of drug-likeness (QED) is 0.735. The first-order valence-electron chi connectivity index (χ1n) is 6.35. The van der Waals surface area contributed by atoms with Gasteiger partial charge in [0.25, 0.3) is 0 Å². The Labute approximate surface area is 113 Å². The molecule has 0 aliphatic rings. The highest BCUT2D eigenvalue weighted by Crippen LogP contribution is 2.23. The summed E-state index contributed by atoms with van der Waals surface area (Å²) in [5.41, 5.74) is 3.20. The molecule has 0 saturated carbocycles. The summed E-state index contributed by atoms with van der Waals surface area (Å²) in [5.74, 6) is 0.274. The van der Waals surface area contributed by atoms with Crippen molar-refractivity contribution in [2.45, 2.75) is 6.54 Å². The number of hydrogen-bond acceptors (Lipinski definition) is 4. The zero-order valence-electron chi connectivity index (χ0n) is 11.3. The van der Waals surface area contributed by atoms with Gasteiger partial charge < -0.3 is 15.3 Å². The fourth-order valence-corrected chi connectivity index (χ4v) is 1.98. The van der Waals surface area contributed by atoms with Crippen molar-refractivity contribution in [3.63, 3.8) is 0 Å². The van der Waals surface area contributed by atoms with Crippen LogP contribution in [-0.2, 0) is 6.54 Å². The fourth-order valence-electron chi connectivity index (χ4n) is 1.98. The van der Waals surface area contributed by atoms with Gasteiger partial charge in [-0.15, -0.1) is 0 Å². The molecule has 0 fully saturated rings. The van der Waals surface area contributed by atoms with E-state index in [4.69, 9.17) is 0 Å². The van der Waals surface area contributed by atoms with E-state index in [1.54, 1.807) is 12.1 Å². The van der Waals surface area contributed by atoms with Crippen LogP contribution in [0.3, 0.4) is 0 Å². The van der Waals surface area contributed by atoms with E-state index in [-0.39, 0.29) is 5.75 Å². The number of nitrogens with one attached hydrogen (secondary N) is 2. The third kappa shape index (κ3) is 3.56. The minimum absolute atomic E-state index is 0.274. The van der Waals surface area contributed by atoms with Gasteiger partial charge in [-0.05, 0) is 38.4 Å². The van der Waals surface area contributed by atoms with Crippen LogP contribution < -0.4 is 5.32 Å². The first kappa shape index (κ1) is 13.6. The SMILES string of the molecule is CNCCN(C)Cc1cn[nH]c1-c1ccc(O)cc1. The summed E-state index contributed by atoms with van der Waals surface area (Å²) in [6.07, 6.45) is 1.86. The predicted molar refractivity (Wildman–Crippen MR) is 75.9 cm³/mol. The van der Waals surface area contributed by atoms with Crippen molar-refractivity contribution in [3.8, 4) is 17.0 Å². The van der Waals surface area contributed by atoms with Crippen molar-refractivity contribution < 1.29 is 5.11 Å². The van der Waals surface area contributed by atoms with Gasteiger partial charge in [-0.3, -0.25) is 5.10 Å². The maximum Gasteiger partial charge on any atom is 0.115 e. The monoisotopic (exact) mass is 260 g/mol. The summed E-state index contributed by atoms with van der Waals surface area (Å²) in [6, 6.07) is 7.15. The predicted octanol–water partition coefficient (Wildman–Crippen LogP) is 1.43. The number of phenolic OH excluding ortho intramolecular Hbond substituents is 1. The van der Waals surface area contributed by atoms with Crippen LogP contribution in [0.1, 0.15) is 5.56 Å². The van der Waals surface area contributed by atoms with Crippen molar-refractivity contribution in [2.24, 2.45) is 0 Å². The van der Waals surface area contributed by atoms with E-state index in [1.165, 1.54) is 0 Å². The lowest BCUT2D eigenvalue weighted by Crippen LogP contribution is -2.26. The Hall–Kier alpha value is -1.85. The number of phenols is 1. The van der Waals surface area contributed by atoms with Gasteiger partial charge in [-0.1, -0.05) is 0 Å². The first-order valence-corrected chi connectivity index (χ1v) is 6.35. The van der Waals surface area contributed by atoms with Gasteiger partial charge in [-0.25, -0.2) is 0 Å². The molecule has 1 heterocycles. The molecule has 0 aliphatic carbocycles. The van der Waals surface area contributed by atoms with Gasteiger partial charge >= 0.3 is 0 Å². The maximum atomic E-state index is 9.33. The molecule has 1 aromatic carbocycles. The second-order valence-electron chi connectivity index (χ2n) is 4.66. The lowest BCUT2D eigenvalue weighted by Gasteiger charge is -2.16. The van der Waals surface area contributed by atoms with Crippen LogP contribution in [0.25, 0.3) is 11.3 Å². The van der Waals surface area contributed by atoms with Crippen molar-refractivity contribution in [1.29, 1.82) is 0 Å². The highest BCUT2D eigenvalue weighted by molar-refractivity contribution is 5.63. The fraction of sp³-hybridized carbons (Fsp3) is 0.357. The Bertz CT molecular complexity index is 506. The Morgan fingerprint density at radius 2 is 2.05 bits per heavy atom. The molecule has 19 heavy (non-hydrogen) atoms. The lowest BCUT2D eigenvalue weighted by molar-refractivity contribution is 0.328. The summed E-state index contributed by atoms with van der Waals surface area (Å²) in [6.45, 7) is 2.79. The topological polar surface area (TPSA) is 64.2 Å². The van der Waals surface area contributed by atoms with Crippen molar-refractivity contribution >= 4 is 0 Å². The molecule has 2 aromatic rings. The minimum atomic E-state index is 0.274. The summed E-state index contributed by atoms with van der Waals surface area (Å²) in [4.78, 5) is 2.24. The third-order valence-electron chi connectivity index (χ3n) is 3.06. The molecule has 2 rings (SSSR count). The Morgan fingerprint density at radius 1 is 1.32 bits per heavy atom. The summed E-state index contributed by atoms with van der Waals surface area (Å²) in [7, 11) is 4.04. The largest absolute Gasteiger partial charge is 0.508 e. The van der Waals surface area contributed by atoms with Crippen molar-refractivity contribution in [3.05, 3.63) is 36.0 Å². The standard InChI is InChI=1S/C14H20N4O/c1-15-7-8-18(2)10-12-9-16-17-14(12)11-3-5-13(19)6-4-11/h3-6,9,15,19H,7-8,10H2,1-2H3,(H,16,17). The zero-order chi connectivity index (χ0) is 13.7. The number of hydrogen-bond donors (Lipinski definition) is 3. The number of nitrogens with zero attached hydrogens (tertiary/aromatic N) is 2. The Morgan fingerprint density at radius 3 is 2.74 bits per heavy atom. The van der Waals surface area contributed by atoms with Gasteiger partial charge in [-0.2, -0.15) is 5.10 Å². The van der Waals surface area contributed by atoms with Crippen molar-refractivity contribution in [2.75, 3.05) is 27.2 Å². The van der Waals surface area contributed by atoms with Gasteiger partial charge in [0.2, 0.25) is 0 Å². The van der Waals surface area contributed by atoms with Gasteiger partial charge in [0.1, 0.15) is 5.75 Å². The molecule has 5 heteroatoms. The van der Waals surface area contributed by atoms with Gasteiger partial charge in [0, 0.05) is 30.8 Å². The molecular weight excluding hydrogens is 240 g/mol. The number of benzene rings is 1. The maximum absolute atomic E-state index is 9.33. The van der Waals surface area contributed by atoms with Crippen LogP contribution in [0.2, 0.25) is 0 Å². The molecular formula is C14H20N4O. The molecule has 0 unspecified atom stereocenters. The lowest BCUT2D eigenvalue weighted by atomic mass is 10.1. The number of aromatic amines is 1. The molecule has 0 aliphatic heterocycles. The van der Waals surface area contributed by atoms with E-state index in [0.717, 1.165) is 36.5 Å². The van der Waals surface area contributed by atoms with Crippen LogP contribution in [0.5, 0.6) is 5.75 Å². The molecule has 0 amide bonds. The number of aromatic hydroxyl groups is 1. The van der Waals surface area contributed by atoms with Crippen LogP contribution in [0, 0.1) is 0 Å². The summed E-state index contributed by atoms with van der Waals surface area (Å²) in [5, 5.41) is 19.6.